The van der Waals surface area contributed by atoms with E-state index >= 15 is 0 Å². The van der Waals surface area contributed by atoms with Gasteiger partial charge in [0, 0.05) is 12.3 Å². The number of hydrogen-bond donors (Lipinski definition) is 0. The Morgan fingerprint density at radius 1 is 1.19 bits per heavy atom. The minimum Gasteiger partial charge on any atom is -0.236 e. The molecule has 0 aliphatic heterocycles. The van der Waals surface area contributed by atoms with Crippen LogP contribution in [0.5, 0.6) is 0 Å². The molecular formula is C16H15BrClFN2. The molecule has 5 heteroatoms. The Bertz CT molecular complexity index is 657. The lowest BCUT2D eigenvalue weighted by Gasteiger charge is -2.13. The van der Waals surface area contributed by atoms with Crippen molar-refractivity contribution in [2.45, 2.75) is 38.0 Å². The monoisotopic (exact) mass is 368 g/mol. The molecule has 1 aliphatic carbocycles. The molecule has 0 saturated heterocycles. The maximum atomic E-state index is 13.8. The van der Waals surface area contributed by atoms with Gasteiger partial charge in [0.1, 0.15) is 16.8 Å². The van der Waals surface area contributed by atoms with Gasteiger partial charge in [-0.1, -0.05) is 42.6 Å². The molecule has 0 radical (unpaired) electrons. The smallest absolute Gasteiger partial charge is 0.147 e. The van der Waals surface area contributed by atoms with Crippen LogP contribution in [0.15, 0.2) is 28.7 Å². The van der Waals surface area contributed by atoms with Crippen LogP contribution in [0.25, 0.3) is 0 Å². The first kappa shape index (κ1) is 14.9. The lowest BCUT2D eigenvalue weighted by molar-refractivity contribution is 0.610. The molecule has 21 heavy (non-hydrogen) atoms. The van der Waals surface area contributed by atoms with Gasteiger partial charge in [-0.05, 0) is 40.4 Å². The van der Waals surface area contributed by atoms with Gasteiger partial charge in [-0.15, -0.1) is 0 Å². The zero-order valence-corrected chi connectivity index (χ0v) is 13.8. The Hall–Kier alpha value is -1.00. The molecule has 1 fully saturated rings. The van der Waals surface area contributed by atoms with Crippen molar-refractivity contribution in [3.8, 4) is 0 Å². The molecule has 0 N–H and O–H groups in total. The summed E-state index contributed by atoms with van der Waals surface area (Å²) in [5.74, 6) is 0.775. The van der Waals surface area contributed by atoms with Crippen LogP contribution in [0.2, 0.25) is 5.15 Å². The topological polar surface area (TPSA) is 25.8 Å². The second-order valence-corrected chi connectivity index (χ2v) is 6.53. The first-order valence-corrected chi connectivity index (χ1v) is 8.27. The normalized spacial score (nSPS) is 15.6. The summed E-state index contributed by atoms with van der Waals surface area (Å²) in [5, 5.41) is 0.415. The zero-order chi connectivity index (χ0) is 14.8. The molecule has 3 rings (SSSR count). The van der Waals surface area contributed by atoms with Gasteiger partial charge < -0.3 is 0 Å². The van der Waals surface area contributed by atoms with E-state index in [1.54, 1.807) is 12.1 Å². The van der Waals surface area contributed by atoms with Crippen molar-refractivity contribution in [2.24, 2.45) is 0 Å². The lowest BCUT2D eigenvalue weighted by atomic mass is 10.0. The van der Waals surface area contributed by atoms with E-state index < -0.39 is 0 Å². The Balaban J connectivity index is 1.94. The van der Waals surface area contributed by atoms with Gasteiger partial charge in [-0.25, -0.2) is 14.4 Å². The Labute approximate surface area is 136 Å². The standard InChI is InChI=1S/C16H15BrClFN2/c17-14-15(10-5-1-2-6-10)20-13(21-16(14)18)9-11-7-3-4-8-12(11)19/h3-4,7-8,10H,1-2,5-6,9H2. The zero-order valence-electron chi connectivity index (χ0n) is 11.5. The van der Waals surface area contributed by atoms with Crippen LogP contribution < -0.4 is 0 Å². The lowest BCUT2D eigenvalue weighted by Crippen LogP contribution is -2.06. The molecule has 1 aromatic heterocycles. The highest BCUT2D eigenvalue weighted by atomic mass is 79.9. The fourth-order valence-corrected chi connectivity index (χ4v) is 3.54. The van der Waals surface area contributed by atoms with Crippen LogP contribution >= 0.6 is 27.5 Å². The molecule has 1 aliphatic rings. The van der Waals surface area contributed by atoms with Gasteiger partial charge in [0.25, 0.3) is 0 Å². The molecule has 0 atom stereocenters. The molecule has 1 saturated carbocycles. The van der Waals surface area contributed by atoms with Crippen LogP contribution in [0.1, 0.15) is 48.7 Å². The van der Waals surface area contributed by atoms with Crippen LogP contribution in [-0.4, -0.2) is 9.97 Å². The largest absolute Gasteiger partial charge is 0.236 e. The predicted octanol–water partition coefficient (Wildman–Crippen LogP) is 5.28. The average Bonchev–Trinajstić information content (AvgIpc) is 2.99. The SMILES string of the molecule is Fc1ccccc1Cc1nc(Cl)c(Br)c(C2CCCC2)n1. The van der Waals surface area contributed by atoms with Crippen molar-refractivity contribution in [1.82, 2.24) is 9.97 Å². The van der Waals surface area contributed by atoms with E-state index in [4.69, 9.17) is 11.6 Å². The Kier molecular flexibility index (Phi) is 4.55. The molecule has 2 aromatic rings. The molecule has 0 unspecified atom stereocenters. The van der Waals surface area contributed by atoms with E-state index in [0.29, 0.717) is 28.9 Å². The Morgan fingerprint density at radius 3 is 2.62 bits per heavy atom. The van der Waals surface area contributed by atoms with Gasteiger partial charge in [0.15, 0.2) is 0 Å². The summed E-state index contributed by atoms with van der Waals surface area (Å²) in [6.45, 7) is 0. The molecule has 2 nitrogen and oxygen atoms in total. The van der Waals surface area contributed by atoms with E-state index in [1.807, 2.05) is 6.07 Å². The molecule has 1 aromatic carbocycles. The third-order valence-corrected chi connectivity index (χ3v) is 5.21. The maximum Gasteiger partial charge on any atom is 0.147 e. The number of benzene rings is 1. The van der Waals surface area contributed by atoms with Gasteiger partial charge >= 0.3 is 0 Å². The summed E-state index contributed by atoms with van der Waals surface area (Å²) in [7, 11) is 0. The van der Waals surface area contributed by atoms with Crippen LogP contribution in [0.4, 0.5) is 4.39 Å². The first-order chi connectivity index (χ1) is 10.1. The van der Waals surface area contributed by atoms with Gasteiger partial charge in [-0.3, -0.25) is 0 Å². The highest BCUT2D eigenvalue weighted by Crippen LogP contribution is 2.38. The number of aromatic nitrogens is 2. The molecule has 0 bridgehead atoms. The van der Waals surface area contributed by atoms with E-state index in [-0.39, 0.29) is 5.82 Å². The Morgan fingerprint density at radius 2 is 1.90 bits per heavy atom. The predicted molar refractivity (Wildman–Crippen MR) is 85.2 cm³/mol. The van der Waals surface area contributed by atoms with Gasteiger partial charge in [-0.2, -0.15) is 0 Å². The molecule has 0 amide bonds. The molecule has 1 heterocycles. The fraction of sp³-hybridized carbons (Fsp3) is 0.375. The van der Waals surface area contributed by atoms with E-state index in [1.165, 1.54) is 18.9 Å². The average molecular weight is 370 g/mol. The summed E-state index contributed by atoms with van der Waals surface area (Å²) in [4.78, 5) is 8.92. The first-order valence-electron chi connectivity index (χ1n) is 7.10. The number of nitrogens with zero attached hydrogens (tertiary/aromatic N) is 2. The number of hydrogen-bond acceptors (Lipinski definition) is 2. The minimum absolute atomic E-state index is 0.234. The fourth-order valence-electron chi connectivity index (χ4n) is 2.84. The molecular weight excluding hydrogens is 355 g/mol. The van der Waals surface area contributed by atoms with Gasteiger partial charge in [0.05, 0.1) is 10.2 Å². The summed E-state index contributed by atoms with van der Waals surface area (Å²) in [6, 6.07) is 6.70. The quantitative estimate of drug-likeness (QED) is 0.688. The number of rotatable bonds is 3. The van der Waals surface area contributed by atoms with Crippen molar-refractivity contribution < 1.29 is 4.39 Å². The van der Waals surface area contributed by atoms with Crippen molar-refractivity contribution in [2.75, 3.05) is 0 Å². The highest BCUT2D eigenvalue weighted by Gasteiger charge is 2.23. The number of halogens is 3. The van der Waals surface area contributed by atoms with Crippen LogP contribution in [0.3, 0.4) is 0 Å². The second-order valence-electron chi connectivity index (χ2n) is 5.38. The van der Waals surface area contributed by atoms with Crippen LogP contribution in [0, 0.1) is 5.82 Å². The third-order valence-electron chi connectivity index (χ3n) is 3.93. The second kappa shape index (κ2) is 6.41. The summed E-state index contributed by atoms with van der Waals surface area (Å²) in [6.07, 6.45) is 5.07. The van der Waals surface area contributed by atoms with Crippen molar-refractivity contribution in [1.29, 1.82) is 0 Å². The van der Waals surface area contributed by atoms with E-state index in [0.717, 1.165) is 23.0 Å². The van der Waals surface area contributed by atoms with Gasteiger partial charge in [0.2, 0.25) is 0 Å². The van der Waals surface area contributed by atoms with E-state index in [9.17, 15) is 4.39 Å². The highest BCUT2D eigenvalue weighted by molar-refractivity contribution is 9.10. The molecule has 110 valence electrons. The van der Waals surface area contributed by atoms with Crippen molar-refractivity contribution in [3.05, 3.63) is 56.8 Å². The van der Waals surface area contributed by atoms with Crippen molar-refractivity contribution in [3.63, 3.8) is 0 Å². The summed E-state index contributed by atoms with van der Waals surface area (Å²) >= 11 is 9.70. The van der Waals surface area contributed by atoms with Crippen LogP contribution in [-0.2, 0) is 6.42 Å². The third kappa shape index (κ3) is 3.27. The van der Waals surface area contributed by atoms with Crippen molar-refractivity contribution >= 4 is 27.5 Å². The maximum absolute atomic E-state index is 13.8. The van der Waals surface area contributed by atoms with E-state index in [2.05, 4.69) is 25.9 Å². The summed E-state index contributed by atoms with van der Waals surface area (Å²) < 4.78 is 14.5. The summed E-state index contributed by atoms with van der Waals surface area (Å²) in [5.41, 5.74) is 1.56. The minimum atomic E-state index is -0.234. The molecule has 0 spiro atoms.